The third kappa shape index (κ3) is 6.40. The number of aliphatic hydroxyl groups excluding tert-OH is 1. The molecule has 0 spiro atoms. The van der Waals surface area contributed by atoms with Crippen LogP contribution < -0.4 is 0 Å². The van der Waals surface area contributed by atoms with Crippen LogP contribution in [0.3, 0.4) is 0 Å². The zero-order valence-electron chi connectivity index (χ0n) is 12.6. The first-order chi connectivity index (χ1) is 10.1. The molecule has 1 rings (SSSR count). The Morgan fingerprint density at radius 1 is 1.38 bits per heavy atom. The van der Waals surface area contributed by atoms with Crippen molar-refractivity contribution < 1.29 is 9.50 Å². The van der Waals surface area contributed by atoms with Gasteiger partial charge in [0.05, 0.1) is 6.07 Å². The summed E-state index contributed by atoms with van der Waals surface area (Å²) >= 11 is 0. The topological polar surface area (TPSA) is 47.3 Å². The average molecular weight is 288 g/mol. The second kappa shape index (κ2) is 9.13. The molecule has 112 valence electrons. The molecule has 3 nitrogen and oxygen atoms in total. The van der Waals surface area contributed by atoms with Crippen molar-refractivity contribution in [1.82, 2.24) is 4.90 Å². The van der Waals surface area contributed by atoms with E-state index >= 15 is 0 Å². The molecule has 0 heterocycles. The smallest absolute Gasteiger partial charge is 0.124 e. The lowest BCUT2D eigenvalue weighted by Crippen LogP contribution is -2.28. The Hall–Kier alpha value is -1.88. The predicted octanol–water partition coefficient (Wildman–Crippen LogP) is 2.54. The molecule has 0 fully saturated rings. The highest BCUT2D eigenvalue weighted by Gasteiger charge is 2.11. The highest BCUT2D eigenvalue weighted by Crippen LogP contribution is 2.14. The minimum absolute atomic E-state index is 0.250. The van der Waals surface area contributed by atoms with Crippen molar-refractivity contribution in [3.63, 3.8) is 0 Å². The van der Waals surface area contributed by atoms with Gasteiger partial charge in [-0.1, -0.05) is 31.8 Å². The molecule has 0 amide bonds. The molecule has 1 aromatic rings. The van der Waals surface area contributed by atoms with Gasteiger partial charge in [0.15, 0.2) is 0 Å². The van der Waals surface area contributed by atoms with Gasteiger partial charge in [-0.2, -0.15) is 5.26 Å². The summed E-state index contributed by atoms with van der Waals surface area (Å²) in [7, 11) is 0. The Labute approximate surface area is 126 Å². The van der Waals surface area contributed by atoms with Crippen molar-refractivity contribution in [2.75, 3.05) is 19.7 Å². The summed E-state index contributed by atoms with van der Waals surface area (Å²) in [5.74, 6) is 5.49. The normalized spacial score (nSPS) is 10.3. The van der Waals surface area contributed by atoms with Crippen LogP contribution in [0.15, 0.2) is 18.2 Å². The third-order valence-corrected chi connectivity index (χ3v) is 2.93. The van der Waals surface area contributed by atoms with Crippen LogP contribution in [-0.4, -0.2) is 29.7 Å². The number of halogens is 1. The van der Waals surface area contributed by atoms with E-state index in [0.717, 1.165) is 12.1 Å². The van der Waals surface area contributed by atoms with Gasteiger partial charge >= 0.3 is 0 Å². The standard InChI is InChI=1S/C17H21FN2O/c1-14(2)12-20(9-4-8-19)13-16-6-7-17(18)11-15(16)5-3-10-21/h6-7,11,14,21H,4,9-10,12-13H2,1-2H3. The summed E-state index contributed by atoms with van der Waals surface area (Å²) in [5, 5.41) is 17.5. The van der Waals surface area contributed by atoms with Crippen molar-refractivity contribution in [2.45, 2.75) is 26.8 Å². The number of rotatable bonds is 6. The van der Waals surface area contributed by atoms with Crippen LogP contribution in [0.4, 0.5) is 4.39 Å². The second-order valence-electron chi connectivity index (χ2n) is 5.30. The maximum Gasteiger partial charge on any atom is 0.124 e. The van der Waals surface area contributed by atoms with Crippen molar-refractivity contribution in [3.8, 4) is 17.9 Å². The molecule has 0 aromatic heterocycles. The molecule has 4 heteroatoms. The van der Waals surface area contributed by atoms with E-state index in [1.807, 2.05) is 0 Å². The molecular formula is C17H21FN2O. The highest BCUT2D eigenvalue weighted by molar-refractivity contribution is 5.41. The van der Waals surface area contributed by atoms with Crippen LogP contribution in [0.2, 0.25) is 0 Å². The van der Waals surface area contributed by atoms with Gasteiger partial charge in [-0.25, -0.2) is 4.39 Å². The predicted molar refractivity (Wildman–Crippen MR) is 80.7 cm³/mol. The molecule has 1 aromatic carbocycles. The van der Waals surface area contributed by atoms with E-state index in [2.05, 4.69) is 36.7 Å². The van der Waals surface area contributed by atoms with Gasteiger partial charge in [-0.3, -0.25) is 4.90 Å². The van der Waals surface area contributed by atoms with Crippen molar-refractivity contribution in [3.05, 3.63) is 35.1 Å². The number of hydrogen-bond donors (Lipinski definition) is 1. The number of benzene rings is 1. The zero-order chi connectivity index (χ0) is 15.7. The van der Waals surface area contributed by atoms with Crippen LogP contribution in [0, 0.1) is 34.9 Å². The maximum absolute atomic E-state index is 13.3. The highest BCUT2D eigenvalue weighted by atomic mass is 19.1. The molecule has 0 saturated heterocycles. The van der Waals surface area contributed by atoms with Crippen molar-refractivity contribution >= 4 is 0 Å². The Morgan fingerprint density at radius 2 is 2.14 bits per heavy atom. The molecular weight excluding hydrogens is 267 g/mol. The fourth-order valence-electron chi connectivity index (χ4n) is 2.14. The van der Waals surface area contributed by atoms with E-state index < -0.39 is 0 Å². The summed E-state index contributed by atoms with van der Waals surface area (Å²) < 4.78 is 13.3. The number of hydrogen-bond acceptors (Lipinski definition) is 3. The first-order valence-electron chi connectivity index (χ1n) is 7.04. The maximum atomic E-state index is 13.3. The lowest BCUT2D eigenvalue weighted by atomic mass is 10.1. The summed E-state index contributed by atoms with van der Waals surface area (Å²) in [5.41, 5.74) is 1.51. The van der Waals surface area contributed by atoms with Crippen LogP contribution in [0.25, 0.3) is 0 Å². The van der Waals surface area contributed by atoms with Crippen molar-refractivity contribution in [1.29, 1.82) is 5.26 Å². The quantitative estimate of drug-likeness (QED) is 0.818. The lowest BCUT2D eigenvalue weighted by Gasteiger charge is -2.23. The molecule has 0 aliphatic heterocycles. The molecule has 1 N–H and O–H groups in total. The van der Waals surface area contributed by atoms with E-state index in [1.54, 1.807) is 6.07 Å². The second-order valence-corrected chi connectivity index (χ2v) is 5.30. The molecule has 0 atom stereocenters. The first-order valence-corrected chi connectivity index (χ1v) is 7.04. The van der Waals surface area contributed by atoms with Crippen LogP contribution in [0.5, 0.6) is 0 Å². The van der Waals surface area contributed by atoms with E-state index in [4.69, 9.17) is 10.4 Å². The van der Waals surface area contributed by atoms with Crippen LogP contribution >= 0.6 is 0 Å². The fraction of sp³-hybridized carbons (Fsp3) is 0.471. The zero-order valence-corrected chi connectivity index (χ0v) is 12.6. The van der Waals surface area contributed by atoms with Gasteiger partial charge in [0, 0.05) is 31.6 Å². The van der Waals surface area contributed by atoms with Gasteiger partial charge in [-0.15, -0.1) is 0 Å². The molecule has 0 aliphatic rings. The summed E-state index contributed by atoms with van der Waals surface area (Å²) in [4.78, 5) is 2.17. The van der Waals surface area contributed by atoms with E-state index in [1.165, 1.54) is 12.1 Å². The Kier molecular flexibility index (Phi) is 7.46. The molecule has 0 aliphatic carbocycles. The van der Waals surface area contributed by atoms with E-state index in [0.29, 0.717) is 31.0 Å². The molecule has 0 radical (unpaired) electrons. The monoisotopic (exact) mass is 288 g/mol. The summed E-state index contributed by atoms with van der Waals surface area (Å²) in [6.45, 7) is 6.16. The van der Waals surface area contributed by atoms with Gasteiger partial charge < -0.3 is 5.11 Å². The summed E-state index contributed by atoms with van der Waals surface area (Å²) in [6.07, 6.45) is 0.464. The first kappa shape index (κ1) is 17.2. The molecule has 0 saturated carbocycles. The largest absolute Gasteiger partial charge is 0.384 e. The minimum Gasteiger partial charge on any atom is -0.384 e. The molecule has 21 heavy (non-hydrogen) atoms. The number of nitriles is 1. The van der Waals surface area contributed by atoms with Gasteiger partial charge in [0.25, 0.3) is 0 Å². The Bertz CT molecular complexity index is 552. The van der Waals surface area contributed by atoms with Gasteiger partial charge in [0.2, 0.25) is 0 Å². The SMILES string of the molecule is CC(C)CN(CCC#N)Cc1ccc(F)cc1C#CCO. The third-order valence-electron chi connectivity index (χ3n) is 2.93. The Balaban J connectivity index is 2.93. The van der Waals surface area contributed by atoms with Gasteiger partial charge in [-0.05, 0) is 23.6 Å². The van der Waals surface area contributed by atoms with Crippen LogP contribution in [-0.2, 0) is 6.54 Å². The number of aliphatic hydroxyl groups is 1. The molecule has 0 unspecified atom stereocenters. The fourth-order valence-corrected chi connectivity index (χ4v) is 2.14. The lowest BCUT2D eigenvalue weighted by molar-refractivity contribution is 0.241. The van der Waals surface area contributed by atoms with Gasteiger partial charge in [0.1, 0.15) is 12.4 Å². The average Bonchev–Trinajstić information content (AvgIpc) is 2.44. The minimum atomic E-state index is -0.339. The Morgan fingerprint density at radius 3 is 2.76 bits per heavy atom. The van der Waals surface area contributed by atoms with Crippen LogP contribution in [0.1, 0.15) is 31.4 Å². The van der Waals surface area contributed by atoms with Crippen molar-refractivity contribution in [2.24, 2.45) is 5.92 Å². The van der Waals surface area contributed by atoms with E-state index in [-0.39, 0.29) is 12.4 Å². The summed E-state index contributed by atoms with van der Waals surface area (Å²) in [6, 6.07) is 6.67. The van der Waals surface area contributed by atoms with E-state index in [9.17, 15) is 4.39 Å². The molecule has 0 bridgehead atoms. The number of nitrogens with zero attached hydrogens (tertiary/aromatic N) is 2.